The lowest BCUT2D eigenvalue weighted by atomic mass is 10.1. The Morgan fingerprint density at radius 2 is 1.96 bits per heavy atom. The Bertz CT molecular complexity index is 941. The second-order valence-corrected chi connectivity index (χ2v) is 7.27. The molecule has 3 aromatic rings. The lowest BCUT2D eigenvalue weighted by Gasteiger charge is -2.12. The van der Waals surface area contributed by atoms with Crippen molar-refractivity contribution in [3.8, 4) is 11.4 Å². The number of aromatic nitrogens is 3. The largest absolute Gasteiger partial charge is 0.323 e. The molecule has 0 radical (unpaired) electrons. The van der Waals surface area contributed by atoms with Crippen LogP contribution in [0.25, 0.3) is 11.4 Å². The summed E-state index contributed by atoms with van der Waals surface area (Å²) in [6, 6.07) is 14.1. The molecule has 3 rings (SSSR count). The number of rotatable bonds is 5. The van der Waals surface area contributed by atoms with Gasteiger partial charge >= 0.3 is 0 Å². The number of anilines is 1. The van der Waals surface area contributed by atoms with E-state index in [9.17, 15) is 9.18 Å². The number of benzene rings is 2. The van der Waals surface area contributed by atoms with E-state index in [0.717, 1.165) is 17.0 Å². The summed E-state index contributed by atoms with van der Waals surface area (Å²) in [6.45, 7) is 3.77. The first-order valence-corrected chi connectivity index (χ1v) is 9.02. The quantitative estimate of drug-likeness (QED) is 0.689. The Morgan fingerprint density at radius 3 is 2.69 bits per heavy atom. The van der Waals surface area contributed by atoms with Crippen LogP contribution in [0.2, 0.25) is 0 Å². The van der Waals surface area contributed by atoms with E-state index in [1.54, 1.807) is 19.1 Å². The van der Waals surface area contributed by atoms with Crippen LogP contribution in [0.3, 0.4) is 0 Å². The van der Waals surface area contributed by atoms with Crippen molar-refractivity contribution in [3.63, 3.8) is 0 Å². The summed E-state index contributed by atoms with van der Waals surface area (Å²) in [5.74, 6) is -0.0171. The molecule has 0 saturated heterocycles. The third-order valence-corrected chi connectivity index (χ3v) is 5.03. The maximum Gasteiger partial charge on any atom is 0.237 e. The molecule has 0 aliphatic carbocycles. The van der Waals surface area contributed by atoms with E-state index in [-0.39, 0.29) is 11.6 Å². The van der Waals surface area contributed by atoms with Crippen LogP contribution in [0.5, 0.6) is 0 Å². The lowest BCUT2D eigenvalue weighted by Crippen LogP contribution is -2.23. The van der Waals surface area contributed by atoms with Gasteiger partial charge in [-0.2, -0.15) is 0 Å². The zero-order chi connectivity index (χ0) is 18.7. The number of halogens is 1. The first-order chi connectivity index (χ1) is 12.5. The zero-order valence-electron chi connectivity index (χ0n) is 14.7. The van der Waals surface area contributed by atoms with Gasteiger partial charge in [0.25, 0.3) is 0 Å². The molecule has 7 heteroatoms. The van der Waals surface area contributed by atoms with Crippen LogP contribution in [0, 0.1) is 12.7 Å². The van der Waals surface area contributed by atoms with Crippen molar-refractivity contribution in [2.75, 3.05) is 5.32 Å². The molecule has 0 aliphatic heterocycles. The van der Waals surface area contributed by atoms with Gasteiger partial charge in [0.1, 0.15) is 5.82 Å². The van der Waals surface area contributed by atoms with Gasteiger partial charge in [0, 0.05) is 12.6 Å². The van der Waals surface area contributed by atoms with Crippen LogP contribution in [0.4, 0.5) is 10.1 Å². The van der Waals surface area contributed by atoms with Crippen LogP contribution in [0.1, 0.15) is 12.5 Å². The maximum atomic E-state index is 13.7. The molecule has 0 fully saturated rings. The highest BCUT2D eigenvalue weighted by atomic mass is 32.2. The summed E-state index contributed by atoms with van der Waals surface area (Å²) in [5, 5.41) is 11.2. The molecule has 1 heterocycles. The van der Waals surface area contributed by atoms with E-state index in [0.29, 0.717) is 5.16 Å². The Balaban J connectivity index is 1.73. The van der Waals surface area contributed by atoms with Crippen molar-refractivity contribution in [1.82, 2.24) is 14.8 Å². The molecular formula is C19H19FN4OS. The third kappa shape index (κ3) is 3.94. The van der Waals surface area contributed by atoms with Crippen molar-refractivity contribution in [2.24, 2.45) is 7.05 Å². The number of amides is 1. The fraction of sp³-hybridized carbons (Fsp3) is 0.211. The van der Waals surface area contributed by atoms with Gasteiger partial charge in [-0.05, 0) is 32.0 Å². The fourth-order valence-electron chi connectivity index (χ4n) is 2.46. The molecule has 1 aromatic heterocycles. The van der Waals surface area contributed by atoms with Gasteiger partial charge in [-0.1, -0.05) is 47.7 Å². The standard InChI is InChI=1S/C19H19FN4OS/c1-12-7-6-8-14(11-12)17-22-23-19(24(17)3)26-13(2)18(25)21-16-10-5-4-9-15(16)20/h4-11,13H,1-3H3,(H,21,25). The van der Waals surface area contributed by atoms with Crippen LogP contribution >= 0.6 is 11.8 Å². The van der Waals surface area contributed by atoms with Gasteiger partial charge in [-0.3, -0.25) is 4.79 Å². The molecule has 1 amide bonds. The van der Waals surface area contributed by atoms with Crippen molar-refractivity contribution in [2.45, 2.75) is 24.3 Å². The average Bonchev–Trinajstić information content (AvgIpc) is 2.97. The van der Waals surface area contributed by atoms with Crippen LogP contribution in [-0.2, 0) is 11.8 Å². The Labute approximate surface area is 155 Å². The summed E-state index contributed by atoms with van der Waals surface area (Å²) in [5.41, 5.74) is 2.27. The van der Waals surface area contributed by atoms with Crippen molar-refractivity contribution >= 4 is 23.4 Å². The molecule has 1 unspecified atom stereocenters. The monoisotopic (exact) mass is 370 g/mol. The number of carbonyl (C=O) groups is 1. The first kappa shape index (κ1) is 18.1. The molecule has 0 bridgehead atoms. The molecular weight excluding hydrogens is 351 g/mol. The van der Waals surface area contributed by atoms with Gasteiger partial charge in [-0.25, -0.2) is 4.39 Å². The lowest BCUT2D eigenvalue weighted by molar-refractivity contribution is -0.115. The molecule has 134 valence electrons. The van der Waals surface area contributed by atoms with E-state index in [1.165, 1.54) is 23.9 Å². The van der Waals surface area contributed by atoms with Gasteiger partial charge < -0.3 is 9.88 Å². The number of nitrogens with zero attached hydrogens (tertiary/aromatic N) is 3. The third-order valence-electron chi connectivity index (χ3n) is 3.89. The van der Waals surface area contributed by atoms with Gasteiger partial charge in [0.2, 0.25) is 5.91 Å². The Morgan fingerprint density at radius 1 is 1.19 bits per heavy atom. The van der Waals surface area contributed by atoms with Crippen LogP contribution < -0.4 is 5.32 Å². The average molecular weight is 370 g/mol. The SMILES string of the molecule is Cc1cccc(-c2nnc(SC(C)C(=O)Nc3ccccc3F)n2C)c1. The van der Waals surface area contributed by atoms with Crippen LogP contribution in [-0.4, -0.2) is 25.9 Å². The molecule has 0 spiro atoms. The van der Waals surface area contributed by atoms with E-state index in [1.807, 2.05) is 42.8 Å². The van der Waals surface area contributed by atoms with Gasteiger partial charge in [0.05, 0.1) is 10.9 Å². The molecule has 2 aromatic carbocycles. The molecule has 0 aliphatic rings. The summed E-state index contributed by atoms with van der Waals surface area (Å²) >= 11 is 1.28. The number of nitrogens with one attached hydrogen (secondary N) is 1. The Kier molecular flexibility index (Phi) is 5.37. The van der Waals surface area contributed by atoms with E-state index in [4.69, 9.17) is 0 Å². The highest BCUT2D eigenvalue weighted by Gasteiger charge is 2.20. The predicted molar refractivity (Wildman–Crippen MR) is 102 cm³/mol. The molecule has 1 N–H and O–H groups in total. The molecule has 0 saturated carbocycles. The molecule has 5 nitrogen and oxygen atoms in total. The van der Waals surface area contributed by atoms with E-state index < -0.39 is 11.1 Å². The minimum absolute atomic E-state index is 0.170. The number of carbonyl (C=O) groups excluding carboxylic acids is 1. The highest BCUT2D eigenvalue weighted by Crippen LogP contribution is 2.27. The second kappa shape index (κ2) is 7.70. The number of para-hydroxylation sites is 1. The Hall–Kier alpha value is -2.67. The van der Waals surface area contributed by atoms with E-state index >= 15 is 0 Å². The smallest absolute Gasteiger partial charge is 0.237 e. The number of hydrogen-bond donors (Lipinski definition) is 1. The number of thioether (sulfide) groups is 1. The maximum absolute atomic E-state index is 13.7. The summed E-state index contributed by atoms with van der Waals surface area (Å²) in [6.07, 6.45) is 0. The number of hydrogen-bond acceptors (Lipinski definition) is 4. The topological polar surface area (TPSA) is 59.8 Å². The summed E-state index contributed by atoms with van der Waals surface area (Å²) < 4.78 is 15.5. The fourth-order valence-corrected chi connectivity index (χ4v) is 3.28. The van der Waals surface area contributed by atoms with Crippen LogP contribution in [0.15, 0.2) is 53.7 Å². The summed E-state index contributed by atoms with van der Waals surface area (Å²) in [4.78, 5) is 12.3. The highest BCUT2D eigenvalue weighted by molar-refractivity contribution is 8.00. The van der Waals surface area contributed by atoms with Crippen molar-refractivity contribution in [3.05, 3.63) is 59.9 Å². The summed E-state index contributed by atoms with van der Waals surface area (Å²) in [7, 11) is 1.86. The first-order valence-electron chi connectivity index (χ1n) is 8.14. The van der Waals surface area contributed by atoms with Crippen molar-refractivity contribution in [1.29, 1.82) is 0 Å². The molecule has 26 heavy (non-hydrogen) atoms. The second-order valence-electron chi connectivity index (χ2n) is 5.96. The predicted octanol–water partition coefficient (Wildman–Crippen LogP) is 4.05. The van der Waals surface area contributed by atoms with Gasteiger partial charge in [0.15, 0.2) is 11.0 Å². The normalized spacial score (nSPS) is 12.0. The molecule has 1 atom stereocenters. The van der Waals surface area contributed by atoms with E-state index in [2.05, 4.69) is 15.5 Å². The van der Waals surface area contributed by atoms with Crippen molar-refractivity contribution < 1.29 is 9.18 Å². The zero-order valence-corrected chi connectivity index (χ0v) is 15.5. The van der Waals surface area contributed by atoms with Gasteiger partial charge in [-0.15, -0.1) is 10.2 Å². The minimum atomic E-state index is -0.460. The number of aryl methyl sites for hydroxylation is 1. The minimum Gasteiger partial charge on any atom is -0.323 e.